The first-order valence-corrected chi connectivity index (χ1v) is 7.79. The number of benzene rings is 1. The summed E-state index contributed by atoms with van der Waals surface area (Å²) in [5.41, 5.74) is 6.69. The summed E-state index contributed by atoms with van der Waals surface area (Å²) < 4.78 is 11.4. The van der Waals surface area contributed by atoms with Crippen molar-refractivity contribution in [3.05, 3.63) is 29.8 Å². The molecular weight excluding hydrogens is 250 g/mol. The molecule has 0 saturated carbocycles. The van der Waals surface area contributed by atoms with Crippen molar-refractivity contribution < 1.29 is 9.47 Å². The van der Waals surface area contributed by atoms with Gasteiger partial charge >= 0.3 is 0 Å². The highest BCUT2D eigenvalue weighted by molar-refractivity contribution is 5.28. The van der Waals surface area contributed by atoms with Crippen LogP contribution in [0.3, 0.4) is 0 Å². The van der Waals surface area contributed by atoms with Crippen LogP contribution in [0.5, 0.6) is 5.75 Å². The molecule has 1 rings (SSSR count). The Kier molecular flexibility index (Phi) is 9.09. The fourth-order valence-corrected chi connectivity index (χ4v) is 2.11. The first-order chi connectivity index (χ1) is 9.76. The van der Waals surface area contributed by atoms with E-state index in [1.165, 1.54) is 25.7 Å². The predicted molar refractivity (Wildman–Crippen MR) is 84.0 cm³/mol. The number of hydrogen-bond acceptors (Lipinski definition) is 3. The molecule has 0 radical (unpaired) electrons. The van der Waals surface area contributed by atoms with E-state index in [1.54, 1.807) is 0 Å². The van der Waals surface area contributed by atoms with Gasteiger partial charge in [0.15, 0.2) is 0 Å². The minimum absolute atomic E-state index is 0.325. The van der Waals surface area contributed by atoms with Gasteiger partial charge in [-0.3, -0.25) is 0 Å². The van der Waals surface area contributed by atoms with Gasteiger partial charge in [-0.15, -0.1) is 0 Å². The van der Waals surface area contributed by atoms with Crippen LogP contribution in [0.4, 0.5) is 0 Å². The first-order valence-electron chi connectivity index (χ1n) is 7.79. The summed E-state index contributed by atoms with van der Waals surface area (Å²) in [5, 5.41) is 0. The van der Waals surface area contributed by atoms with Crippen LogP contribution in [0, 0.1) is 0 Å². The van der Waals surface area contributed by atoms with Gasteiger partial charge in [-0.1, -0.05) is 44.7 Å². The van der Waals surface area contributed by atoms with Crippen LogP contribution >= 0.6 is 0 Å². The molecule has 0 aliphatic heterocycles. The number of nitrogens with two attached hydrogens (primary N) is 1. The average molecular weight is 279 g/mol. The highest BCUT2D eigenvalue weighted by atomic mass is 16.5. The molecule has 20 heavy (non-hydrogen) atoms. The third-order valence-electron chi connectivity index (χ3n) is 3.35. The molecule has 0 fully saturated rings. The van der Waals surface area contributed by atoms with Crippen LogP contribution in [0.1, 0.15) is 51.5 Å². The van der Waals surface area contributed by atoms with Crippen LogP contribution in [0.2, 0.25) is 0 Å². The number of unbranched alkanes of at least 4 members (excludes halogenated alkanes) is 3. The van der Waals surface area contributed by atoms with Gasteiger partial charge in [0.05, 0.1) is 12.7 Å². The van der Waals surface area contributed by atoms with Crippen molar-refractivity contribution in [2.75, 3.05) is 13.2 Å². The molecule has 114 valence electrons. The van der Waals surface area contributed by atoms with Crippen molar-refractivity contribution in [2.45, 2.75) is 58.6 Å². The predicted octanol–water partition coefficient (Wildman–Crippen LogP) is 3.90. The Balaban J connectivity index is 2.08. The zero-order chi connectivity index (χ0) is 14.6. The lowest BCUT2D eigenvalue weighted by Gasteiger charge is -2.13. The van der Waals surface area contributed by atoms with Crippen molar-refractivity contribution in [3.63, 3.8) is 0 Å². The third-order valence-corrected chi connectivity index (χ3v) is 3.35. The molecule has 0 aromatic heterocycles. The van der Waals surface area contributed by atoms with E-state index in [1.807, 2.05) is 24.3 Å². The molecule has 0 spiro atoms. The summed E-state index contributed by atoms with van der Waals surface area (Å²) in [7, 11) is 0. The Labute approximate surface area is 123 Å². The second kappa shape index (κ2) is 10.7. The third kappa shape index (κ3) is 7.51. The maximum Gasteiger partial charge on any atom is 0.119 e. The molecule has 3 nitrogen and oxygen atoms in total. The summed E-state index contributed by atoms with van der Waals surface area (Å²) in [4.78, 5) is 0. The van der Waals surface area contributed by atoms with Crippen molar-refractivity contribution in [1.82, 2.24) is 0 Å². The number of rotatable bonds is 11. The zero-order valence-electron chi connectivity index (χ0n) is 12.9. The average Bonchev–Trinajstić information content (AvgIpc) is 2.48. The van der Waals surface area contributed by atoms with Gasteiger partial charge in [-0.05, 0) is 31.0 Å². The van der Waals surface area contributed by atoms with Gasteiger partial charge in [0, 0.05) is 6.54 Å². The van der Waals surface area contributed by atoms with Crippen molar-refractivity contribution in [1.29, 1.82) is 0 Å². The minimum Gasteiger partial charge on any atom is -0.491 e. The van der Waals surface area contributed by atoms with Crippen molar-refractivity contribution >= 4 is 0 Å². The number of hydrogen-bond donors (Lipinski definition) is 1. The van der Waals surface area contributed by atoms with E-state index in [0.717, 1.165) is 17.7 Å². The summed E-state index contributed by atoms with van der Waals surface area (Å²) in [5.74, 6) is 0.868. The minimum atomic E-state index is 0.325. The molecule has 1 unspecified atom stereocenters. The fraction of sp³-hybridized carbons (Fsp3) is 0.647. The topological polar surface area (TPSA) is 44.5 Å². The van der Waals surface area contributed by atoms with E-state index in [9.17, 15) is 0 Å². The monoisotopic (exact) mass is 279 g/mol. The Morgan fingerprint density at radius 2 is 2.00 bits per heavy atom. The Bertz CT molecular complexity index is 355. The summed E-state index contributed by atoms with van der Waals surface area (Å²) in [6.07, 6.45) is 6.65. The van der Waals surface area contributed by atoms with E-state index in [0.29, 0.717) is 25.9 Å². The molecule has 0 heterocycles. The molecule has 0 aliphatic carbocycles. The van der Waals surface area contributed by atoms with E-state index < -0.39 is 0 Å². The molecule has 0 aliphatic rings. The summed E-state index contributed by atoms with van der Waals surface area (Å²) >= 11 is 0. The second-order valence-corrected chi connectivity index (χ2v) is 5.23. The van der Waals surface area contributed by atoms with E-state index in [-0.39, 0.29) is 0 Å². The molecule has 1 aromatic carbocycles. The molecule has 0 amide bonds. The highest BCUT2D eigenvalue weighted by Crippen LogP contribution is 2.13. The Morgan fingerprint density at radius 1 is 1.15 bits per heavy atom. The first kappa shape index (κ1) is 17.0. The molecular formula is C17H29NO2. The quantitative estimate of drug-likeness (QED) is 0.625. The zero-order valence-corrected chi connectivity index (χ0v) is 12.9. The molecule has 3 heteroatoms. The standard InChI is InChI=1S/C17H29NO2/c1-3-4-5-6-8-15(2)19-11-12-20-17-10-7-9-16(13-17)14-18/h7,9-10,13,15H,3-6,8,11-12,14,18H2,1-2H3. The van der Waals surface area contributed by atoms with E-state index >= 15 is 0 Å². The lowest BCUT2D eigenvalue weighted by Crippen LogP contribution is -2.14. The molecule has 1 aromatic rings. The van der Waals surface area contributed by atoms with Gasteiger partial charge in [0.1, 0.15) is 12.4 Å². The van der Waals surface area contributed by atoms with Crippen molar-refractivity contribution in [2.24, 2.45) is 5.73 Å². The van der Waals surface area contributed by atoms with Gasteiger partial charge < -0.3 is 15.2 Å². The van der Waals surface area contributed by atoms with Gasteiger partial charge in [-0.25, -0.2) is 0 Å². The van der Waals surface area contributed by atoms with Gasteiger partial charge in [0.2, 0.25) is 0 Å². The Hall–Kier alpha value is -1.06. The maximum atomic E-state index is 5.75. The smallest absolute Gasteiger partial charge is 0.119 e. The highest BCUT2D eigenvalue weighted by Gasteiger charge is 2.02. The largest absolute Gasteiger partial charge is 0.491 e. The number of ether oxygens (including phenoxy) is 2. The summed E-state index contributed by atoms with van der Waals surface area (Å²) in [6, 6.07) is 7.90. The molecule has 2 N–H and O–H groups in total. The second-order valence-electron chi connectivity index (χ2n) is 5.23. The van der Waals surface area contributed by atoms with E-state index in [4.69, 9.17) is 15.2 Å². The lowest BCUT2D eigenvalue weighted by atomic mass is 10.1. The van der Waals surface area contributed by atoms with E-state index in [2.05, 4.69) is 13.8 Å². The summed E-state index contributed by atoms with van der Waals surface area (Å²) in [6.45, 7) is 6.15. The van der Waals surface area contributed by atoms with Crippen molar-refractivity contribution in [3.8, 4) is 5.75 Å². The van der Waals surface area contributed by atoms with Crippen LogP contribution in [0.15, 0.2) is 24.3 Å². The normalized spacial score (nSPS) is 12.3. The van der Waals surface area contributed by atoms with Gasteiger partial charge in [-0.2, -0.15) is 0 Å². The van der Waals surface area contributed by atoms with Crippen LogP contribution in [0.25, 0.3) is 0 Å². The van der Waals surface area contributed by atoms with Gasteiger partial charge in [0.25, 0.3) is 0 Å². The van der Waals surface area contributed by atoms with Crippen LogP contribution < -0.4 is 10.5 Å². The molecule has 1 atom stereocenters. The SMILES string of the molecule is CCCCCCC(C)OCCOc1cccc(CN)c1. The molecule has 0 saturated heterocycles. The Morgan fingerprint density at radius 3 is 2.75 bits per heavy atom. The molecule has 0 bridgehead atoms. The van der Waals surface area contributed by atoms with Crippen LogP contribution in [-0.2, 0) is 11.3 Å². The lowest BCUT2D eigenvalue weighted by molar-refractivity contribution is 0.0384. The fourth-order valence-electron chi connectivity index (χ4n) is 2.11. The van der Waals surface area contributed by atoms with Crippen LogP contribution in [-0.4, -0.2) is 19.3 Å². The maximum absolute atomic E-state index is 5.75.